The average Bonchev–Trinajstić information content (AvgIpc) is 3.20. The number of aromatic nitrogens is 4. The van der Waals surface area contributed by atoms with E-state index in [1.807, 2.05) is 24.3 Å². The van der Waals surface area contributed by atoms with Crippen molar-refractivity contribution < 1.29 is 19.1 Å². The summed E-state index contributed by atoms with van der Waals surface area (Å²) in [5.74, 6) is 0.243. The van der Waals surface area contributed by atoms with Crippen molar-refractivity contribution in [3.05, 3.63) is 130 Å². The molecule has 2 aromatic heterocycles. The summed E-state index contributed by atoms with van der Waals surface area (Å²) in [6.45, 7) is 2.38. The van der Waals surface area contributed by atoms with Crippen molar-refractivity contribution in [1.82, 2.24) is 30.6 Å². The molecule has 5 aromatic rings. The Morgan fingerprint density at radius 2 is 1.72 bits per heavy atom. The molecule has 0 unspecified atom stereocenters. The van der Waals surface area contributed by atoms with Crippen LogP contribution >= 0.6 is 12.2 Å². The van der Waals surface area contributed by atoms with Crippen LogP contribution in [0.3, 0.4) is 0 Å². The van der Waals surface area contributed by atoms with Gasteiger partial charge in [0.2, 0.25) is 5.95 Å². The third-order valence-corrected chi connectivity index (χ3v) is 9.18. The van der Waals surface area contributed by atoms with E-state index in [0.717, 1.165) is 33.5 Å². The maximum atomic E-state index is 12.6. The highest BCUT2D eigenvalue weighted by Crippen LogP contribution is 2.40. The molecule has 287 valence electrons. The summed E-state index contributed by atoms with van der Waals surface area (Å²) < 4.78 is 5.94. The van der Waals surface area contributed by atoms with Gasteiger partial charge in [-0.05, 0) is 91.3 Å². The Balaban J connectivity index is 0.797. The van der Waals surface area contributed by atoms with E-state index in [4.69, 9.17) is 22.4 Å². The fourth-order valence-corrected chi connectivity index (χ4v) is 6.37. The van der Waals surface area contributed by atoms with Gasteiger partial charge < -0.3 is 36.5 Å². The van der Waals surface area contributed by atoms with Crippen LogP contribution in [0.4, 0.5) is 17.3 Å². The van der Waals surface area contributed by atoms with E-state index in [2.05, 4.69) is 41.2 Å². The molecule has 1 aliphatic heterocycles. The Morgan fingerprint density at radius 1 is 0.930 bits per heavy atom. The summed E-state index contributed by atoms with van der Waals surface area (Å²) in [4.78, 5) is 64.0. The van der Waals surface area contributed by atoms with Crippen LogP contribution in [0.15, 0.2) is 105 Å². The van der Waals surface area contributed by atoms with Crippen molar-refractivity contribution in [3.8, 4) is 28.2 Å². The zero-order chi connectivity index (χ0) is 39.9. The van der Waals surface area contributed by atoms with E-state index in [1.165, 1.54) is 24.4 Å². The number of hydrogen-bond acceptors (Lipinski definition) is 12. The number of benzene rings is 4. The van der Waals surface area contributed by atoms with Gasteiger partial charge in [-0.15, -0.1) is 0 Å². The first-order valence-corrected chi connectivity index (χ1v) is 18.3. The van der Waals surface area contributed by atoms with Gasteiger partial charge in [-0.1, -0.05) is 12.1 Å². The molecule has 0 fully saturated rings. The fraction of sp³-hybridized carbons (Fsp3) is 0.146. The first-order valence-electron chi connectivity index (χ1n) is 17.9. The predicted molar refractivity (Wildman–Crippen MR) is 222 cm³/mol. The van der Waals surface area contributed by atoms with Crippen LogP contribution in [0.2, 0.25) is 0 Å². The van der Waals surface area contributed by atoms with E-state index in [1.54, 1.807) is 49.0 Å². The molecule has 0 atom stereocenters. The third-order valence-electron chi connectivity index (χ3n) is 8.93. The third kappa shape index (κ3) is 9.37. The molecule has 15 nitrogen and oxygen atoms in total. The molecule has 3 heterocycles. The molecular weight excluding hydrogens is 747 g/mol. The summed E-state index contributed by atoms with van der Waals surface area (Å²) in [5, 5.41) is 23.4. The molecule has 0 saturated heterocycles. The molecule has 0 saturated carbocycles. The van der Waals surface area contributed by atoms with E-state index in [9.17, 15) is 24.3 Å². The van der Waals surface area contributed by atoms with Gasteiger partial charge >= 0.3 is 0 Å². The lowest BCUT2D eigenvalue weighted by molar-refractivity contribution is -0.119. The van der Waals surface area contributed by atoms with Crippen molar-refractivity contribution >= 4 is 68.5 Å². The average molecular weight is 783 g/mol. The summed E-state index contributed by atoms with van der Waals surface area (Å²) in [7, 11) is 0. The molecule has 7 rings (SSSR count). The molecule has 1 radical (unpaired) electrons. The zero-order valence-corrected chi connectivity index (χ0v) is 31.1. The maximum Gasteiger partial charge on any atom is 0.280 e. The number of fused-ring (bicyclic) bond motifs is 3. The molecule has 2 aliphatic rings. The van der Waals surface area contributed by atoms with Crippen molar-refractivity contribution in [2.75, 3.05) is 22.9 Å². The van der Waals surface area contributed by atoms with Gasteiger partial charge in [0.25, 0.3) is 11.5 Å². The number of nitrogens with two attached hydrogens (primary N) is 1. The largest absolute Gasteiger partial charge is 0.508 e. The molecule has 57 heavy (non-hydrogen) atoms. The Hall–Kier alpha value is -7.20. The molecule has 16 heteroatoms. The summed E-state index contributed by atoms with van der Waals surface area (Å²) >= 11 is 5.46. The van der Waals surface area contributed by atoms with Crippen LogP contribution in [-0.2, 0) is 11.3 Å². The number of phenolic OH excluding ortho intramolecular Hbond substituents is 1. The molecule has 0 bridgehead atoms. The fourth-order valence-electron chi connectivity index (χ4n) is 6.15. The van der Waals surface area contributed by atoms with Crippen LogP contribution in [0.5, 0.6) is 5.75 Å². The van der Waals surface area contributed by atoms with Gasteiger partial charge in [0.15, 0.2) is 21.7 Å². The normalized spacial score (nSPS) is 11.1. The Bertz CT molecular complexity index is 2700. The summed E-state index contributed by atoms with van der Waals surface area (Å²) in [5.41, 5.74) is 10.7. The van der Waals surface area contributed by atoms with Crippen LogP contribution in [0, 0.1) is 6.54 Å². The van der Waals surface area contributed by atoms with Crippen molar-refractivity contribution in [2.24, 2.45) is 0 Å². The quantitative estimate of drug-likeness (QED) is 0.0411. The number of amides is 1. The van der Waals surface area contributed by atoms with Crippen molar-refractivity contribution in [2.45, 2.75) is 32.2 Å². The number of anilines is 3. The molecule has 1 aliphatic carbocycles. The van der Waals surface area contributed by atoms with Crippen molar-refractivity contribution in [1.29, 1.82) is 0 Å². The second-order valence-corrected chi connectivity index (χ2v) is 13.5. The zero-order valence-electron chi connectivity index (χ0n) is 30.3. The molecule has 8 N–H and O–H groups in total. The summed E-state index contributed by atoms with van der Waals surface area (Å²) in [6, 6.07) is 24.1. The lowest BCUT2D eigenvalue weighted by Gasteiger charge is -2.16. The number of ketones is 1. The van der Waals surface area contributed by atoms with Gasteiger partial charge in [0.1, 0.15) is 22.9 Å². The highest BCUT2D eigenvalue weighted by molar-refractivity contribution is 7.80. The number of H-pyrrole nitrogens is 1. The van der Waals surface area contributed by atoms with Crippen LogP contribution in [0.25, 0.3) is 44.6 Å². The van der Waals surface area contributed by atoms with E-state index in [0.29, 0.717) is 66.5 Å². The van der Waals surface area contributed by atoms with Gasteiger partial charge in [-0.3, -0.25) is 24.2 Å². The highest BCUT2D eigenvalue weighted by atomic mass is 32.1. The number of rotatable bonds is 14. The second-order valence-electron chi connectivity index (χ2n) is 13.0. The first-order chi connectivity index (χ1) is 27.6. The van der Waals surface area contributed by atoms with Gasteiger partial charge in [0, 0.05) is 71.5 Å². The number of carbonyl (C=O) groups is 2. The number of phenols is 1. The van der Waals surface area contributed by atoms with E-state index < -0.39 is 5.56 Å². The number of hydrogen-bond donors (Lipinski definition) is 7. The molecule has 1 amide bonds. The number of thiocarbonyl (C=S) groups is 1. The number of nitrogens with zero attached hydrogens (tertiary/aromatic N) is 3. The second kappa shape index (κ2) is 17.1. The molecule has 0 spiro atoms. The monoisotopic (exact) mass is 782 g/mol. The van der Waals surface area contributed by atoms with Gasteiger partial charge in [-0.25, -0.2) is 9.97 Å². The van der Waals surface area contributed by atoms with Crippen molar-refractivity contribution in [3.63, 3.8) is 0 Å². The molecule has 3 aromatic carbocycles. The highest BCUT2D eigenvalue weighted by Gasteiger charge is 2.18. The number of nitrogens with one attached hydrogen (secondary N) is 5. The minimum absolute atomic E-state index is 0.0294. The van der Waals surface area contributed by atoms with Crippen LogP contribution in [0.1, 0.15) is 41.7 Å². The number of Topliss-reactive ketones (excluding diaryl/α,β-unsaturated/α-hetero) is 1. The Kier molecular flexibility index (Phi) is 11.4. The topological polar surface area (TPSA) is 230 Å². The number of aromatic hydroxyl groups is 1. The molecular formula is C41H36N9O6S. The van der Waals surface area contributed by atoms with Crippen LogP contribution in [-0.4, -0.2) is 48.4 Å². The minimum Gasteiger partial charge on any atom is -0.508 e. The Labute approximate surface area is 330 Å². The number of nitrogen functional groups attached to an aromatic ring is 1. The standard InChI is InChI=1S/C41H36N9O6S/c42-40-49-37-36(39(55)50-40)47-27(22-46-37)21-45-25-9-7-24(8-10-25)38(54)43-17-1-3-28(51)4-2-18-44-41(57)48-26-11-5-23(6-12-26)35-31-15-13-29(52)19-33(31)56-34-20-30(53)14-16-32(34)35/h5-17,19-20,22,45,52H,1-4,18,21H2,(H,43,54)(H2,44,48,57)(H3,42,46,49,50,55). The smallest absolute Gasteiger partial charge is 0.280 e. The lowest BCUT2D eigenvalue weighted by atomic mass is 9.93. The predicted octanol–water partition coefficient (Wildman–Crippen LogP) is 5.50. The number of aromatic amines is 1. The minimum atomic E-state index is -0.468. The van der Waals surface area contributed by atoms with E-state index in [-0.39, 0.29) is 40.0 Å². The van der Waals surface area contributed by atoms with Crippen LogP contribution < -0.4 is 38.0 Å². The summed E-state index contributed by atoms with van der Waals surface area (Å²) in [6.07, 6.45) is 3.15. The maximum absolute atomic E-state index is 12.6. The van der Waals surface area contributed by atoms with Gasteiger partial charge in [-0.2, -0.15) is 4.98 Å². The SMILES string of the molecule is Nc1nc2ncc(CNc3ccc(C(=O)N[CH]CCC(=O)CCCNC(=S)Nc4ccc(-c5c6ccc(=O)cc-6oc6cc(O)ccc56)cc4)cc3)nc2c(=O)[nH]1. The lowest BCUT2D eigenvalue weighted by Crippen LogP contribution is -2.29. The first kappa shape index (κ1) is 38.1. The number of carbonyl (C=O) groups excluding carboxylic acids is 2. The Morgan fingerprint density at radius 3 is 2.53 bits per heavy atom. The van der Waals surface area contributed by atoms with E-state index >= 15 is 0 Å². The van der Waals surface area contributed by atoms with Gasteiger partial charge in [0.05, 0.1) is 18.4 Å².